The van der Waals surface area contributed by atoms with Crippen LogP contribution >= 0.6 is 11.3 Å². The number of anilines is 1. The normalized spacial score (nSPS) is 12.8. The van der Waals surface area contributed by atoms with E-state index in [1.165, 1.54) is 19.3 Å². The summed E-state index contributed by atoms with van der Waals surface area (Å²) >= 11 is 1.73. The van der Waals surface area contributed by atoms with Gasteiger partial charge in [0.15, 0.2) is 5.13 Å². The van der Waals surface area contributed by atoms with Crippen LogP contribution in [-0.4, -0.2) is 25.6 Å². The van der Waals surface area contributed by atoms with Gasteiger partial charge >= 0.3 is 0 Å². The Balaban J connectivity index is 2.49. The summed E-state index contributed by atoms with van der Waals surface area (Å²) in [5.74, 6) is 0. The second-order valence-corrected chi connectivity index (χ2v) is 5.03. The van der Waals surface area contributed by atoms with Crippen molar-refractivity contribution in [1.82, 2.24) is 10.3 Å². The second kappa shape index (κ2) is 6.86. The Morgan fingerprint density at radius 3 is 2.88 bits per heavy atom. The van der Waals surface area contributed by atoms with Crippen LogP contribution < -0.4 is 10.2 Å². The molecule has 0 aliphatic carbocycles. The van der Waals surface area contributed by atoms with Gasteiger partial charge in [0.05, 0.1) is 5.69 Å². The quantitative estimate of drug-likeness (QED) is 0.744. The van der Waals surface area contributed by atoms with E-state index in [0.29, 0.717) is 6.04 Å². The molecule has 0 fully saturated rings. The molecule has 1 heterocycles. The van der Waals surface area contributed by atoms with E-state index in [0.717, 1.165) is 17.4 Å². The third-order valence-corrected chi connectivity index (χ3v) is 3.78. The fraction of sp³-hybridized carbons (Fsp3) is 0.750. The van der Waals surface area contributed by atoms with Crippen LogP contribution in [0.4, 0.5) is 5.13 Å². The van der Waals surface area contributed by atoms with Crippen molar-refractivity contribution in [3.05, 3.63) is 11.1 Å². The molecule has 4 heteroatoms. The summed E-state index contributed by atoms with van der Waals surface area (Å²) < 4.78 is 0. The molecule has 0 saturated heterocycles. The van der Waals surface area contributed by atoms with Gasteiger partial charge in [-0.05, 0) is 20.4 Å². The van der Waals surface area contributed by atoms with E-state index >= 15 is 0 Å². The predicted molar refractivity (Wildman–Crippen MR) is 72.4 cm³/mol. The molecule has 0 radical (unpaired) electrons. The summed E-state index contributed by atoms with van der Waals surface area (Å²) in [4.78, 5) is 6.90. The molecule has 1 aromatic rings. The first kappa shape index (κ1) is 13.5. The Morgan fingerprint density at radius 1 is 1.50 bits per heavy atom. The summed E-state index contributed by atoms with van der Waals surface area (Å²) in [5.41, 5.74) is 1.14. The van der Waals surface area contributed by atoms with Gasteiger partial charge in [0, 0.05) is 25.0 Å². The topological polar surface area (TPSA) is 28.2 Å². The highest BCUT2D eigenvalue weighted by molar-refractivity contribution is 7.13. The van der Waals surface area contributed by atoms with Crippen molar-refractivity contribution in [1.29, 1.82) is 0 Å². The standard InChI is InChI=1S/C12H23N3S/c1-5-6-7-8-15(4)12-14-11(9-16-12)10(2)13-3/h9-10,13H,5-8H2,1-4H3. The summed E-state index contributed by atoms with van der Waals surface area (Å²) in [5, 5.41) is 6.49. The maximum absolute atomic E-state index is 4.64. The zero-order valence-corrected chi connectivity index (χ0v) is 11.6. The minimum atomic E-state index is 0.342. The van der Waals surface area contributed by atoms with Gasteiger partial charge in [0.2, 0.25) is 0 Å². The van der Waals surface area contributed by atoms with Crippen molar-refractivity contribution in [3.8, 4) is 0 Å². The molecule has 0 saturated carbocycles. The third kappa shape index (κ3) is 3.76. The number of thiazole rings is 1. The number of nitrogens with one attached hydrogen (secondary N) is 1. The molecular formula is C12H23N3S. The van der Waals surface area contributed by atoms with E-state index in [2.05, 4.69) is 41.5 Å². The van der Waals surface area contributed by atoms with Crippen molar-refractivity contribution in [2.45, 2.75) is 39.2 Å². The van der Waals surface area contributed by atoms with Gasteiger partial charge in [-0.1, -0.05) is 19.8 Å². The van der Waals surface area contributed by atoms with E-state index < -0.39 is 0 Å². The second-order valence-electron chi connectivity index (χ2n) is 4.19. The highest BCUT2D eigenvalue weighted by atomic mass is 32.1. The van der Waals surface area contributed by atoms with E-state index in [1.54, 1.807) is 11.3 Å². The van der Waals surface area contributed by atoms with Crippen molar-refractivity contribution in [2.75, 3.05) is 25.5 Å². The average Bonchev–Trinajstić information content (AvgIpc) is 2.77. The van der Waals surface area contributed by atoms with Crippen molar-refractivity contribution in [2.24, 2.45) is 0 Å². The maximum atomic E-state index is 4.64. The van der Waals surface area contributed by atoms with E-state index in [9.17, 15) is 0 Å². The zero-order valence-electron chi connectivity index (χ0n) is 10.8. The lowest BCUT2D eigenvalue weighted by Gasteiger charge is -2.15. The van der Waals surface area contributed by atoms with E-state index in [1.807, 2.05) is 7.05 Å². The smallest absolute Gasteiger partial charge is 0.185 e. The van der Waals surface area contributed by atoms with Crippen LogP contribution in [0.5, 0.6) is 0 Å². The van der Waals surface area contributed by atoms with Crippen LogP contribution in [0, 0.1) is 0 Å². The Morgan fingerprint density at radius 2 is 2.25 bits per heavy atom. The molecule has 0 amide bonds. The maximum Gasteiger partial charge on any atom is 0.185 e. The van der Waals surface area contributed by atoms with Crippen molar-refractivity contribution in [3.63, 3.8) is 0 Å². The number of nitrogens with zero attached hydrogens (tertiary/aromatic N) is 2. The van der Waals surface area contributed by atoms with Gasteiger partial charge in [-0.3, -0.25) is 0 Å². The highest BCUT2D eigenvalue weighted by Crippen LogP contribution is 2.23. The summed E-state index contributed by atoms with van der Waals surface area (Å²) in [6.07, 6.45) is 3.83. The van der Waals surface area contributed by atoms with E-state index in [-0.39, 0.29) is 0 Å². The van der Waals surface area contributed by atoms with Crippen LogP contribution in [0.3, 0.4) is 0 Å². The van der Waals surface area contributed by atoms with Crippen LogP contribution in [0.2, 0.25) is 0 Å². The Hall–Kier alpha value is -0.610. The summed E-state index contributed by atoms with van der Waals surface area (Å²) in [6, 6.07) is 0.342. The molecule has 0 spiro atoms. The van der Waals surface area contributed by atoms with Gasteiger partial charge in [-0.2, -0.15) is 0 Å². The fourth-order valence-corrected chi connectivity index (χ4v) is 2.41. The first-order chi connectivity index (χ1) is 7.69. The molecule has 1 rings (SSSR count). The van der Waals surface area contributed by atoms with Crippen molar-refractivity contribution < 1.29 is 0 Å². The van der Waals surface area contributed by atoms with Gasteiger partial charge in [-0.15, -0.1) is 11.3 Å². The molecule has 1 aromatic heterocycles. The lowest BCUT2D eigenvalue weighted by Crippen LogP contribution is -2.19. The van der Waals surface area contributed by atoms with Crippen LogP contribution in [0.25, 0.3) is 0 Å². The van der Waals surface area contributed by atoms with Gasteiger partial charge < -0.3 is 10.2 Å². The number of aromatic nitrogens is 1. The van der Waals surface area contributed by atoms with Crippen LogP contribution in [0.1, 0.15) is 44.8 Å². The van der Waals surface area contributed by atoms with Crippen LogP contribution in [0.15, 0.2) is 5.38 Å². The largest absolute Gasteiger partial charge is 0.351 e. The predicted octanol–water partition coefficient (Wildman–Crippen LogP) is 3.05. The monoisotopic (exact) mass is 241 g/mol. The summed E-state index contributed by atoms with van der Waals surface area (Å²) in [7, 11) is 4.09. The first-order valence-electron chi connectivity index (χ1n) is 6.02. The minimum absolute atomic E-state index is 0.342. The molecule has 92 valence electrons. The molecule has 0 bridgehead atoms. The molecule has 1 atom stereocenters. The molecule has 3 nitrogen and oxygen atoms in total. The molecule has 0 aliphatic rings. The number of hydrogen-bond donors (Lipinski definition) is 1. The zero-order chi connectivity index (χ0) is 12.0. The fourth-order valence-electron chi connectivity index (χ4n) is 1.49. The lowest BCUT2D eigenvalue weighted by atomic mass is 10.2. The number of hydrogen-bond acceptors (Lipinski definition) is 4. The first-order valence-corrected chi connectivity index (χ1v) is 6.90. The van der Waals surface area contributed by atoms with E-state index in [4.69, 9.17) is 0 Å². The molecule has 0 aromatic carbocycles. The molecule has 1 unspecified atom stereocenters. The highest BCUT2D eigenvalue weighted by Gasteiger charge is 2.10. The molecule has 0 aliphatic heterocycles. The number of unbranched alkanes of at least 4 members (excludes halogenated alkanes) is 2. The molecule has 16 heavy (non-hydrogen) atoms. The molecule has 1 N–H and O–H groups in total. The lowest BCUT2D eigenvalue weighted by molar-refractivity contribution is 0.635. The van der Waals surface area contributed by atoms with Gasteiger partial charge in [-0.25, -0.2) is 4.98 Å². The minimum Gasteiger partial charge on any atom is -0.351 e. The average molecular weight is 241 g/mol. The van der Waals surface area contributed by atoms with Gasteiger partial charge in [0.25, 0.3) is 0 Å². The third-order valence-electron chi connectivity index (χ3n) is 2.81. The molecular weight excluding hydrogens is 218 g/mol. The van der Waals surface area contributed by atoms with Crippen LogP contribution in [-0.2, 0) is 0 Å². The van der Waals surface area contributed by atoms with Crippen molar-refractivity contribution >= 4 is 16.5 Å². The van der Waals surface area contributed by atoms with Gasteiger partial charge in [0.1, 0.15) is 0 Å². The Bertz CT molecular complexity index is 298. The summed E-state index contributed by atoms with van der Waals surface area (Å²) in [6.45, 7) is 5.47. The SMILES string of the molecule is CCCCCN(C)c1nc(C(C)NC)cs1. The Labute approximate surface area is 103 Å². The Kier molecular flexibility index (Phi) is 5.77. The number of rotatable bonds is 7.